The molecule has 26 heavy (non-hydrogen) atoms. The van der Waals surface area contributed by atoms with Crippen molar-refractivity contribution in [3.8, 4) is 11.4 Å². The summed E-state index contributed by atoms with van der Waals surface area (Å²) in [5.41, 5.74) is 1.76. The van der Waals surface area contributed by atoms with E-state index in [1.807, 2.05) is 54.0 Å². The van der Waals surface area contributed by atoms with Gasteiger partial charge in [0.2, 0.25) is 6.54 Å². The Morgan fingerprint density at radius 1 is 1.15 bits per heavy atom. The molecule has 0 saturated heterocycles. The van der Waals surface area contributed by atoms with E-state index in [1.165, 1.54) is 11.8 Å². The average Bonchev–Trinajstić information content (AvgIpc) is 3.02. The molecule has 0 amide bonds. The van der Waals surface area contributed by atoms with Crippen LogP contribution in [0.1, 0.15) is 16.6 Å². The van der Waals surface area contributed by atoms with Crippen molar-refractivity contribution in [1.29, 1.82) is 0 Å². The highest BCUT2D eigenvalue weighted by molar-refractivity contribution is 7.99. The second-order valence-corrected chi connectivity index (χ2v) is 6.77. The molecule has 1 heterocycles. The third-order valence-corrected chi connectivity index (χ3v) is 5.04. The van der Waals surface area contributed by atoms with E-state index in [0.717, 1.165) is 17.1 Å². The van der Waals surface area contributed by atoms with Gasteiger partial charge < -0.3 is 4.74 Å². The van der Waals surface area contributed by atoms with Gasteiger partial charge in [0.05, 0.1) is 7.11 Å². The first-order chi connectivity index (χ1) is 12.6. The topological polar surface area (TPSA) is 83.1 Å². The summed E-state index contributed by atoms with van der Waals surface area (Å²) in [4.78, 5) is 10.9. The van der Waals surface area contributed by atoms with Gasteiger partial charge in [-0.25, -0.2) is 0 Å². The van der Waals surface area contributed by atoms with Crippen LogP contribution in [-0.4, -0.2) is 33.3 Å². The van der Waals surface area contributed by atoms with E-state index in [-0.39, 0.29) is 16.7 Å². The highest BCUT2D eigenvalue weighted by Crippen LogP contribution is 2.36. The summed E-state index contributed by atoms with van der Waals surface area (Å²) >= 11 is 1.33. The van der Waals surface area contributed by atoms with Gasteiger partial charge in [-0.2, -0.15) is 0 Å². The number of ether oxygens (including phenoxy) is 1. The van der Waals surface area contributed by atoms with E-state index in [1.54, 1.807) is 19.2 Å². The maximum atomic E-state index is 11.2. The molecule has 0 aliphatic heterocycles. The number of aromatic nitrogens is 3. The first kappa shape index (κ1) is 17.9. The van der Waals surface area contributed by atoms with E-state index in [4.69, 9.17) is 4.74 Å². The number of thioether (sulfide) groups is 1. The summed E-state index contributed by atoms with van der Waals surface area (Å²) in [6.45, 7) is 1.65. The fourth-order valence-corrected chi connectivity index (χ4v) is 3.76. The van der Waals surface area contributed by atoms with E-state index in [0.29, 0.717) is 10.9 Å². The van der Waals surface area contributed by atoms with Gasteiger partial charge >= 0.3 is 0 Å². The Kier molecular flexibility index (Phi) is 5.52. The molecule has 0 unspecified atom stereocenters. The molecule has 0 saturated carbocycles. The monoisotopic (exact) mass is 370 g/mol. The predicted molar refractivity (Wildman–Crippen MR) is 99.5 cm³/mol. The van der Waals surface area contributed by atoms with Gasteiger partial charge in [0.1, 0.15) is 16.8 Å². The zero-order valence-electron chi connectivity index (χ0n) is 14.4. The number of methoxy groups -OCH3 is 1. The Labute approximate surface area is 155 Å². The van der Waals surface area contributed by atoms with Crippen LogP contribution < -0.4 is 4.74 Å². The van der Waals surface area contributed by atoms with Crippen molar-refractivity contribution < 1.29 is 9.66 Å². The number of nitro groups is 1. The summed E-state index contributed by atoms with van der Waals surface area (Å²) in [5, 5.41) is 19.8. The normalized spacial score (nSPS) is 11.9. The third kappa shape index (κ3) is 4.02. The number of nitrogens with zero attached hydrogens (tertiary/aromatic N) is 4. The molecule has 3 rings (SSSR count). The van der Waals surface area contributed by atoms with Crippen LogP contribution in [0.15, 0.2) is 59.8 Å². The van der Waals surface area contributed by atoms with E-state index in [9.17, 15) is 10.1 Å². The molecular formula is C18H18N4O3S. The van der Waals surface area contributed by atoms with Gasteiger partial charge in [-0.1, -0.05) is 42.1 Å². The molecule has 1 atom stereocenters. The van der Waals surface area contributed by atoms with Gasteiger partial charge in [0.25, 0.3) is 0 Å². The molecule has 0 fully saturated rings. The molecular weight excluding hydrogens is 352 g/mol. The molecule has 0 aliphatic carbocycles. The van der Waals surface area contributed by atoms with Crippen molar-refractivity contribution in [3.05, 3.63) is 76.1 Å². The number of hydrogen-bond acceptors (Lipinski definition) is 6. The van der Waals surface area contributed by atoms with Crippen molar-refractivity contribution in [3.63, 3.8) is 0 Å². The molecule has 0 bridgehead atoms. The SMILES string of the molecule is COc1ccc([C@@H](C[N+](=O)[O-])Sc2nnc(C)n2-c2ccccc2)cc1. The number of aryl methyl sites for hydroxylation is 1. The minimum absolute atomic E-state index is 0.211. The van der Waals surface area contributed by atoms with Crippen LogP contribution in [0, 0.1) is 17.0 Å². The molecule has 2 aromatic carbocycles. The Morgan fingerprint density at radius 2 is 1.85 bits per heavy atom. The van der Waals surface area contributed by atoms with Crippen LogP contribution in [0.2, 0.25) is 0 Å². The molecule has 0 spiro atoms. The second kappa shape index (κ2) is 8.01. The summed E-state index contributed by atoms with van der Waals surface area (Å²) < 4.78 is 7.07. The largest absolute Gasteiger partial charge is 0.497 e. The fraction of sp³-hybridized carbons (Fsp3) is 0.222. The standard InChI is InChI=1S/C18H18N4O3S/c1-13-19-20-18(22(13)15-6-4-3-5-7-15)26-17(12-21(23)24)14-8-10-16(25-2)11-9-14/h3-11,17H,12H2,1-2H3/t17-/m1/s1. The van der Waals surface area contributed by atoms with Gasteiger partial charge in [0, 0.05) is 10.6 Å². The zero-order chi connectivity index (χ0) is 18.5. The Balaban J connectivity index is 1.94. The minimum Gasteiger partial charge on any atom is -0.497 e. The third-order valence-electron chi connectivity index (χ3n) is 3.86. The highest BCUT2D eigenvalue weighted by Gasteiger charge is 2.23. The maximum absolute atomic E-state index is 11.2. The smallest absolute Gasteiger partial charge is 0.220 e. The van der Waals surface area contributed by atoms with Crippen LogP contribution in [-0.2, 0) is 0 Å². The maximum Gasteiger partial charge on any atom is 0.220 e. The van der Waals surface area contributed by atoms with Crippen LogP contribution in [0.25, 0.3) is 5.69 Å². The van der Waals surface area contributed by atoms with Crippen LogP contribution in [0.5, 0.6) is 5.75 Å². The van der Waals surface area contributed by atoms with E-state index >= 15 is 0 Å². The Hall–Kier alpha value is -2.87. The van der Waals surface area contributed by atoms with Gasteiger partial charge in [-0.3, -0.25) is 14.7 Å². The van der Waals surface area contributed by atoms with Gasteiger partial charge in [0.15, 0.2) is 5.16 Å². The molecule has 0 N–H and O–H groups in total. The average molecular weight is 370 g/mol. The molecule has 0 radical (unpaired) electrons. The number of hydrogen-bond donors (Lipinski definition) is 0. The summed E-state index contributed by atoms with van der Waals surface area (Å²) in [6, 6.07) is 17.0. The summed E-state index contributed by atoms with van der Waals surface area (Å²) in [6.07, 6.45) is 0. The van der Waals surface area contributed by atoms with Crippen LogP contribution in [0.4, 0.5) is 0 Å². The van der Waals surface area contributed by atoms with Crippen molar-refractivity contribution >= 4 is 11.8 Å². The molecule has 1 aromatic heterocycles. The van der Waals surface area contributed by atoms with Crippen molar-refractivity contribution in [1.82, 2.24) is 14.8 Å². The van der Waals surface area contributed by atoms with Gasteiger partial charge in [-0.15, -0.1) is 10.2 Å². The number of para-hydroxylation sites is 1. The van der Waals surface area contributed by atoms with E-state index in [2.05, 4.69) is 10.2 Å². The lowest BCUT2D eigenvalue weighted by Crippen LogP contribution is -2.11. The van der Waals surface area contributed by atoms with Crippen molar-refractivity contribution in [2.45, 2.75) is 17.3 Å². The lowest BCUT2D eigenvalue weighted by molar-refractivity contribution is -0.479. The molecule has 134 valence electrons. The van der Waals surface area contributed by atoms with Crippen LogP contribution >= 0.6 is 11.8 Å². The minimum atomic E-state index is -0.387. The number of rotatable bonds is 7. The summed E-state index contributed by atoms with van der Waals surface area (Å²) in [7, 11) is 1.59. The first-order valence-electron chi connectivity index (χ1n) is 7.98. The molecule has 8 heteroatoms. The van der Waals surface area contributed by atoms with Crippen molar-refractivity contribution in [2.75, 3.05) is 13.7 Å². The number of benzene rings is 2. The van der Waals surface area contributed by atoms with Crippen LogP contribution in [0.3, 0.4) is 0 Å². The highest BCUT2D eigenvalue weighted by atomic mass is 32.2. The first-order valence-corrected chi connectivity index (χ1v) is 8.86. The fourth-order valence-electron chi connectivity index (χ4n) is 2.59. The van der Waals surface area contributed by atoms with Gasteiger partial charge in [-0.05, 0) is 36.8 Å². The Morgan fingerprint density at radius 3 is 2.46 bits per heavy atom. The lowest BCUT2D eigenvalue weighted by Gasteiger charge is -2.14. The van der Waals surface area contributed by atoms with Crippen molar-refractivity contribution in [2.24, 2.45) is 0 Å². The predicted octanol–water partition coefficient (Wildman–Crippen LogP) is 3.69. The Bertz CT molecular complexity index is 881. The lowest BCUT2D eigenvalue weighted by atomic mass is 10.1. The second-order valence-electron chi connectivity index (χ2n) is 5.60. The quantitative estimate of drug-likeness (QED) is 0.358. The summed E-state index contributed by atoms with van der Waals surface area (Å²) in [5.74, 6) is 1.44. The molecule has 3 aromatic rings. The molecule has 7 nitrogen and oxygen atoms in total. The van der Waals surface area contributed by atoms with E-state index < -0.39 is 0 Å². The molecule has 0 aliphatic rings. The zero-order valence-corrected chi connectivity index (χ0v) is 15.2.